The summed E-state index contributed by atoms with van der Waals surface area (Å²) >= 11 is 0. The lowest BCUT2D eigenvalue weighted by molar-refractivity contribution is -0.120. The first-order valence-electron chi connectivity index (χ1n) is 10.4. The Balaban J connectivity index is 1.42. The molecule has 1 amide bonds. The third-order valence-electron chi connectivity index (χ3n) is 6.03. The van der Waals surface area contributed by atoms with Crippen molar-refractivity contribution in [1.29, 1.82) is 0 Å². The lowest BCUT2D eigenvalue weighted by atomic mass is 9.88. The van der Waals surface area contributed by atoms with E-state index in [1.165, 1.54) is 17.5 Å². The van der Waals surface area contributed by atoms with Gasteiger partial charge in [0, 0.05) is 19.0 Å². The van der Waals surface area contributed by atoms with Crippen molar-refractivity contribution in [3.63, 3.8) is 0 Å². The monoisotopic (exact) mass is 395 g/mol. The Morgan fingerprint density at radius 3 is 2.45 bits per heavy atom. The third kappa shape index (κ3) is 4.31. The minimum Gasteiger partial charge on any atom is -0.493 e. The molecule has 2 aliphatic rings. The van der Waals surface area contributed by atoms with Crippen LogP contribution in [0.5, 0.6) is 11.5 Å². The van der Waals surface area contributed by atoms with Gasteiger partial charge in [-0.05, 0) is 54.7 Å². The van der Waals surface area contributed by atoms with E-state index in [1.54, 1.807) is 20.4 Å². The molecule has 1 aliphatic heterocycles. The molecule has 0 unspecified atom stereocenters. The predicted molar refractivity (Wildman–Crippen MR) is 114 cm³/mol. The number of anilines is 2. The highest BCUT2D eigenvalue weighted by Gasteiger charge is 2.22. The van der Waals surface area contributed by atoms with Gasteiger partial charge in [0.2, 0.25) is 5.91 Å². The van der Waals surface area contributed by atoms with E-state index < -0.39 is 0 Å². The average molecular weight is 396 g/mol. The summed E-state index contributed by atoms with van der Waals surface area (Å²) in [5.41, 5.74) is 3.29. The van der Waals surface area contributed by atoms with Gasteiger partial charge in [0.1, 0.15) is 5.82 Å². The highest BCUT2D eigenvalue weighted by Crippen LogP contribution is 2.34. The smallest absolute Gasteiger partial charge is 0.227 e. The summed E-state index contributed by atoms with van der Waals surface area (Å²) in [5.74, 6) is 2.72. The highest BCUT2D eigenvalue weighted by atomic mass is 16.5. The SMILES string of the molecule is COc1cc2c(cc1OC)CN(c1ccc(NC(=O)C3CCCCC3)cn1)CC2. The molecule has 0 bridgehead atoms. The number of benzene rings is 1. The molecule has 0 atom stereocenters. The molecule has 154 valence electrons. The largest absolute Gasteiger partial charge is 0.493 e. The number of hydrogen-bond acceptors (Lipinski definition) is 5. The lowest BCUT2D eigenvalue weighted by Gasteiger charge is -2.30. The lowest BCUT2D eigenvalue weighted by Crippen LogP contribution is -2.31. The van der Waals surface area contributed by atoms with Gasteiger partial charge < -0.3 is 19.7 Å². The first-order valence-corrected chi connectivity index (χ1v) is 10.4. The second-order valence-corrected chi connectivity index (χ2v) is 7.88. The van der Waals surface area contributed by atoms with Crippen molar-refractivity contribution in [3.8, 4) is 11.5 Å². The number of methoxy groups -OCH3 is 2. The number of hydrogen-bond donors (Lipinski definition) is 1. The van der Waals surface area contributed by atoms with Gasteiger partial charge in [0.05, 0.1) is 26.1 Å². The molecule has 1 saturated carbocycles. The van der Waals surface area contributed by atoms with Crippen LogP contribution >= 0.6 is 0 Å². The first-order chi connectivity index (χ1) is 14.2. The van der Waals surface area contributed by atoms with E-state index in [2.05, 4.69) is 27.3 Å². The van der Waals surface area contributed by atoms with Crippen LogP contribution in [0.3, 0.4) is 0 Å². The Morgan fingerprint density at radius 1 is 1.07 bits per heavy atom. The number of ether oxygens (including phenoxy) is 2. The molecule has 1 fully saturated rings. The highest BCUT2D eigenvalue weighted by molar-refractivity contribution is 5.92. The molecule has 29 heavy (non-hydrogen) atoms. The zero-order valence-electron chi connectivity index (χ0n) is 17.2. The fourth-order valence-electron chi connectivity index (χ4n) is 4.33. The number of pyridine rings is 1. The van der Waals surface area contributed by atoms with Crippen molar-refractivity contribution in [2.45, 2.75) is 45.1 Å². The van der Waals surface area contributed by atoms with Gasteiger partial charge in [-0.2, -0.15) is 0 Å². The van der Waals surface area contributed by atoms with Crippen molar-refractivity contribution in [1.82, 2.24) is 4.98 Å². The molecule has 6 heteroatoms. The van der Waals surface area contributed by atoms with Crippen LogP contribution in [0.25, 0.3) is 0 Å². The van der Waals surface area contributed by atoms with Crippen LogP contribution in [-0.4, -0.2) is 31.7 Å². The molecule has 6 nitrogen and oxygen atoms in total. The summed E-state index contributed by atoms with van der Waals surface area (Å²) in [6.45, 7) is 1.67. The van der Waals surface area contributed by atoms with Crippen LogP contribution in [0.2, 0.25) is 0 Å². The van der Waals surface area contributed by atoms with Crippen molar-refractivity contribution < 1.29 is 14.3 Å². The van der Waals surface area contributed by atoms with Crippen LogP contribution in [0, 0.1) is 5.92 Å². The second-order valence-electron chi connectivity index (χ2n) is 7.88. The van der Waals surface area contributed by atoms with E-state index in [4.69, 9.17) is 9.47 Å². The normalized spacial score (nSPS) is 16.8. The number of aromatic nitrogens is 1. The zero-order valence-corrected chi connectivity index (χ0v) is 17.2. The number of carbonyl (C=O) groups is 1. The standard InChI is InChI=1S/C23H29N3O3/c1-28-20-12-17-10-11-26(15-18(17)13-21(20)29-2)22-9-8-19(14-24-22)25-23(27)16-6-4-3-5-7-16/h8-9,12-14,16H,3-7,10-11,15H2,1-2H3,(H,25,27). The maximum absolute atomic E-state index is 12.4. The third-order valence-corrected chi connectivity index (χ3v) is 6.03. The maximum Gasteiger partial charge on any atom is 0.227 e. The Hall–Kier alpha value is -2.76. The number of carbonyl (C=O) groups excluding carboxylic acids is 1. The quantitative estimate of drug-likeness (QED) is 0.823. The maximum atomic E-state index is 12.4. The zero-order chi connectivity index (χ0) is 20.2. The minimum atomic E-state index is 0.132. The van der Waals surface area contributed by atoms with E-state index in [9.17, 15) is 4.79 Å². The summed E-state index contributed by atoms with van der Waals surface area (Å²) in [6, 6.07) is 8.07. The van der Waals surface area contributed by atoms with Crippen molar-refractivity contribution >= 4 is 17.4 Å². The van der Waals surface area contributed by atoms with E-state index in [0.717, 1.165) is 68.2 Å². The van der Waals surface area contributed by atoms with E-state index in [0.29, 0.717) is 0 Å². The Kier molecular flexibility index (Phi) is 5.88. The molecule has 0 saturated heterocycles. The predicted octanol–water partition coefficient (Wildman–Crippen LogP) is 4.18. The van der Waals surface area contributed by atoms with Crippen LogP contribution in [0.4, 0.5) is 11.5 Å². The Morgan fingerprint density at radius 2 is 1.79 bits per heavy atom. The molecule has 1 aromatic carbocycles. The van der Waals surface area contributed by atoms with Crippen LogP contribution in [0.15, 0.2) is 30.5 Å². The summed E-state index contributed by atoms with van der Waals surface area (Å²) in [7, 11) is 3.32. The number of amides is 1. The molecular formula is C23H29N3O3. The van der Waals surface area contributed by atoms with Crippen LogP contribution in [0.1, 0.15) is 43.2 Å². The van der Waals surface area contributed by atoms with Crippen LogP contribution < -0.4 is 19.7 Å². The molecule has 1 aliphatic carbocycles. The Bertz CT molecular complexity index is 860. The van der Waals surface area contributed by atoms with Gasteiger partial charge in [-0.3, -0.25) is 4.79 Å². The van der Waals surface area contributed by atoms with Crippen molar-refractivity contribution in [3.05, 3.63) is 41.6 Å². The summed E-state index contributed by atoms with van der Waals surface area (Å²) < 4.78 is 10.9. The fourth-order valence-corrected chi connectivity index (χ4v) is 4.33. The molecule has 2 heterocycles. The molecule has 1 N–H and O–H groups in total. The average Bonchev–Trinajstić information content (AvgIpc) is 2.78. The van der Waals surface area contributed by atoms with Crippen LogP contribution in [-0.2, 0) is 17.8 Å². The number of nitrogens with zero attached hydrogens (tertiary/aromatic N) is 2. The van der Waals surface area contributed by atoms with Gasteiger partial charge in [-0.15, -0.1) is 0 Å². The molecule has 2 aromatic rings. The first kappa shape index (κ1) is 19.6. The number of fused-ring (bicyclic) bond motifs is 1. The topological polar surface area (TPSA) is 63.7 Å². The molecule has 1 aromatic heterocycles. The summed E-state index contributed by atoms with van der Waals surface area (Å²) in [5, 5.41) is 3.03. The second kappa shape index (κ2) is 8.72. The van der Waals surface area contributed by atoms with Crippen molar-refractivity contribution in [2.24, 2.45) is 5.92 Å². The van der Waals surface area contributed by atoms with Gasteiger partial charge in [0.25, 0.3) is 0 Å². The van der Waals surface area contributed by atoms with E-state index >= 15 is 0 Å². The summed E-state index contributed by atoms with van der Waals surface area (Å²) in [4.78, 5) is 19.3. The van der Waals surface area contributed by atoms with Gasteiger partial charge in [0.15, 0.2) is 11.5 Å². The minimum absolute atomic E-state index is 0.132. The van der Waals surface area contributed by atoms with Gasteiger partial charge in [-0.25, -0.2) is 4.98 Å². The molecule has 0 spiro atoms. The van der Waals surface area contributed by atoms with Crippen molar-refractivity contribution in [2.75, 3.05) is 31.0 Å². The van der Waals surface area contributed by atoms with E-state index in [-0.39, 0.29) is 11.8 Å². The van der Waals surface area contributed by atoms with Gasteiger partial charge >= 0.3 is 0 Å². The number of rotatable bonds is 5. The molecule has 4 rings (SSSR count). The van der Waals surface area contributed by atoms with E-state index in [1.807, 2.05) is 12.1 Å². The molecular weight excluding hydrogens is 366 g/mol. The molecule has 0 radical (unpaired) electrons. The Labute approximate surface area is 172 Å². The fraction of sp³-hybridized carbons (Fsp3) is 0.478. The van der Waals surface area contributed by atoms with Gasteiger partial charge in [-0.1, -0.05) is 19.3 Å². The number of nitrogens with one attached hydrogen (secondary N) is 1. The summed E-state index contributed by atoms with van der Waals surface area (Å²) in [6.07, 6.45) is 8.25.